The van der Waals surface area contributed by atoms with Crippen molar-refractivity contribution in [1.82, 2.24) is 9.97 Å². The molecule has 38 heavy (non-hydrogen) atoms. The molecule has 1 amide bonds. The Labute approximate surface area is 222 Å². The van der Waals surface area contributed by atoms with Gasteiger partial charge in [-0.1, -0.05) is 56.0 Å². The van der Waals surface area contributed by atoms with Gasteiger partial charge in [-0.15, -0.1) is 0 Å². The molecule has 1 aliphatic carbocycles. The number of nitrogens with one attached hydrogen (secondary N) is 2. The maximum absolute atomic E-state index is 13.6. The molecule has 5 rings (SSSR count). The van der Waals surface area contributed by atoms with E-state index < -0.39 is 5.97 Å². The Bertz CT molecular complexity index is 1380. The van der Waals surface area contributed by atoms with Gasteiger partial charge < -0.3 is 19.8 Å². The minimum Gasteiger partial charge on any atom is -0.489 e. The quantitative estimate of drug-likeness (QED) is 0.233. The molecule has 2 aromatic heterocycles. The Morgan fingerprint density at radius 3 is 2.63 bits per heavy atom. The van der Waals surface area contributed by atoms with Crippen LogP contribution < -0.4 is 10.1 Å². The van der Waals surface area contributed by atoms with Gasteiger partial charge in [-0.2, -0.15) is 0 Å². The molecule has 1 unspecified atom stereocenters. The average Bonchev–Trinajstić information content (AvgIpc) is 3.61. The number of aromatic nitrogens is 2. The topological polar surface area (TPSA) is 93.3 Å². The molecule has 0 saturated heterocycles. The third-order valence-electron chi connectivity index (χ3n) is 7.20. The first kappa shape index (κ1) is 25.5. The van der Waals surface area contributed by atoms with Crippen LogP contribution in [0.25, 0.3) is 10.9 Å². The molecule has 1 atom stereocenters. The van der Waals surface area contributed by atoms with E-state index in [0.29, 0.717) is 30.5 Å². The van der Waals surface area contributed by atoms with E-state index in [9.17, 15) is 9.59 Å². The van der Waals surface area contributed by atoms with Crippen molar-refractivity contribution in [2.24, 2.45) is 5.92 Å². The van der Waals surface area contributed by atoms with Crippen molar-refractivity contribution < 1.29 is 19.1 Å². The molecule has 4 aromatic rings. The van der Waals surface area contributed by atoms with Gasteiger partial charge in [0.15, 0.2) is 0 Å². The predicted molar refractivity (Wildman–Crippen MR) is 147 cm³/mol. The normalized spacial score (nSPS) is 14.3. The molecular weight excluding hydrogens is 478 g/mol. The van der Waals surface area contributed by atoms with E-state index in [1.165, 1.54) is 19.0 Å². The van der Waals surface area contributed by atoms with Crippen molar-refractivity contribution in [2.75, 3.05) is 11.9 Å². The van der Waals surface area contributed by atoms with Crippen molar-refractivity contribution in [3.8, 4) is 5.75 Å². The lowest BCUT2D eigenvalue weighted by molar-refractivity contribution is -0.118. The zero-order valence-corrected chi connectivity index (χ0v) is 21.6. The fourth-order valence-corrected chi connectivity index (χ4v) is 5.22. The molecule has 2 aromatic carbocycles. The summed E-state index contributed by atoms with van der Waals surface area (Å²) in [5.74, 6) is 0.854. The van der Waals surface area contributed by atoms with E-state index in [1.54, 1.807) is 19.1 Å². The molecular formula is C31H33N3O4. The van der Waals surface area contributed by atoms with Gasteiger partial charge in [0.2, 0.25) is 5.91 Å². The number of nitrogens with zero attached hydrogens (tertiary/aromatic N) is 1. The molecule has 1 fully saturated rings. The molecule has 196 valence electrons. The highest BCUT2D eigenvalue weighted by Gasteiger charge is 2.29. The summed E-state index contributed by atoms with van der Waals surface area (Å²) in [6.45, 7) is 2.55. The van der Waals surface area contributed by atoms with Gasteiger partial charge in [0.25, 0.3) is 0 Å². The lowest BCUT2D eigenvalue weighted by atomic mass is 9.87. The molecule has 0 bridgehead atoms. The summed E-state index contributed by atoms with van der Waals surface area (Å²) in [5.41, 5.74) is 3.38. The lowest BCUT2D eigenvalue weighted by Crippen LogP contribution is -2.23. The largest absolute Gasteiger partial charge is 0.489 e. The highest BCUT2D eigenvalue weighted by molar-refractivity contribution is 5.99. The minimum atomic E-state index is -0.428. The van der Waals surface area contributed by atoms with Crippen LogP contribution in [0.2, 0.25) is 0 Å². The summed E-state index contributed by atoms with van der Waals surface area (Å²) in [6, 6.07) is 19.3. The monoisotopic (exact) mass is 511 g/mol. The molecule has 2 N–H and O–H groups in total. The van der Waals surface area contributed by atoms with Crippen molar-refractivity contribution in [1.29, 1.82) is 0 Å². The third-order valence-corrected chi connectivity index (χ3v) is 7.20. The molecule has 0 aliphatic heterocycles. The van der Waals surface area contributed by atoms with Crippen LogP contribution in [0.1, 0.15) is 66.4 Å². The summed E-state index contributed by atoms with van der Waals surface area (Å²) < 4.78 is 11.0. The number of fused-ring (bicyclic) bond motifs is 1. The predicted octanol–water partition coefficient (Wildman–Crippen LogP) is 6.62. The molecule has 1 saturated carbocycles. The van der Waals surface area contributed by atoms with Gasteiger partial charge in [0.05, 0.1) is 18.1 Å². The second kappa shape index (κ2) is 11.9. The fourth-order valence-electron chi connectivity index (χ4n) is 5.22. The average molecular weight is 512 g/mol. The van der Waals surface area contributed by atoms with E-state index in [2.05, 4.69) is 15.3 Å². The standard InChI is InChI=1S/C31H33N3O4/c1-2-37-31(36)23-12-15-29(33-18-23)34-30(35)26(16-21-8-6-7-9-21)27-19-32-28-17-24(13-14-25(27)28)38-20-22-10-4-3-5-11-22/h3-5,10-15,17-19,21,26,32H,2,6-9,16,20H2,1H3,(H,33,34,35). The number of ether oxygens (including phenoxy) is 2. The molecule has 1 aliphatic rings. The summed E-state index contributed by atoms with van der Waals surface area (Å²) in [4.78, 5) is 33.2. The Morgan fingerprint density at radius 2 is 1.89 bits per heavy atom. The van der Waals surface area contributed by atoms with E-state index in [0.717, 1.165) is 47.0 Å². The van der Waals surface area contributed by atoms with Crippen LogP contribution in [-0.2, 0) is 16.1 Å². The molecule has 7 nitrogen and oxygen atoms in total. The number of hydrogen-bond donors (Lipinski definition) is 2. The maximum atomic E-state index is 13.6. The number of carbonyl (C=O) groups is 2. The van der Waals surface area contributed by atoms with Crippen LogP contribution in [0.3, 0.4) is 0 Å². The highest BCUT2D eigenvalue weighted by Crippen LogP contribution is 2.38. The first-order valence-corrected chi connectivity index (χ1v) is 13.3. The van der Waals surface area contributed by atoms with Crippen molar-refractivity contribution in [3.63, 3.8) is 0 Å². The van der Waals surface area contributed by atoms with Crippen LogP contribution in [0, 0.1) is 5.92 Å². The first-order chi connectivity index (χ1) is 18.6. The summed E-state index contributed by atoms with van der Waals surface area (Å²) in [7, 11) is 0. The van der Waals surface area contributed by atoms with Crippen LogP contribution in [0.5, 0.6) is 5.75 Å². The number of anilines is 1. The number of rotatable bonds is 10. The van der Waals surface area contributed by atoms with Gasteiger partial charge in [-0.25, -0.2) is 9.78 Å². The third kappa shape index (κ3) is 6.05. The Kier molecular flexibility index (Phi) is 8.02. The van der Waals surface area contributed by atoms with Crippen molar-refractivity contribution >= 4 is 28.6 Å². The van der Waals surface area contributed by atoms with E-state index in [1.807, 2.05) is 54.7 Å². The molecule has 2 heterocycles. The number of hydrogen-bond acceptors (Lipinski definition) is 5. The van der Waals surface area contributed by atoms with Crippen LogP contribution in [-0.4, -0.2) is 28.5 Å². The van der Waals surface area contributed by atoms with Gasteiger partial charge >= 0.3 is 5.97 Å². The zero-order valence-electron chi connectivity index (χ0n) is 21.6. The Morgan fingerprint density at radius 1 is 1.08 bits per heavy atom. The summed E-state index contributed by atoms with van der Waals surface area (Å²) >= 11 is 0. The minimum absolute atomic E-state index is 0.0985. The van der Waals surface area contributed by atoms with E-state index in [-0.39, 0.29) is 11.8 Å². The SMILES string of the molecule is CCOC(=O)c1ccc(NC(=O)C(CC2CCCC2)c2c[nH]c3cc(OCc4ccccc4)ccc23)nc1. The van der Waals surface area contributed by atoms with Gasteiger partial charge in [0.1, 0.15) is 18.2 Å². The van der Waals surface area contributed by atoms with E-state index >= 15 is 0 Å². The highest BCUT2D eigenvalue weighted by atomic mass is 16.5. The molecule has 0 radical (unpaired) electrons. The second-order valence-electron chi connectivity index (χ2n) is 9.81. The number of H-pyrrole nitrogens is 1. The lowest BCUT2D eigenvalue weighted by Gasteiger charge is -2.20. The smallest absolute Gasteiger partial charge is 0.339 e. The zero-order chi connectivity index (χ0) is 26.3. The number of carbonyl (C=O) groups excluding carboxylic acids is 2. The number of benzene rings is 2. The Hall–Kier alpha value is -4.13. The number of amides is 1. The first-order valence-electron chi connectivity index (χ1n) is 13.3. The molecule has 7 heteroatoms. The fraction of sp³-hybridized carbons (Fsp3) is 0.323. The van der Waals surface area contributed by atoms with Crippen molar-refractivity contribution in [3.05, 3.63) is 89.7 Å². The van der Waals surface area contributed by atoms with Crippen LogP contribution in [0.15, 0.2) is 73.1 Å². The summed E-state index contributed by atoms with van der Waals surface area (Å²) in [6.07, 6.45) is 8.89. The number of aromatic amines is 1. The summed E-state index contributed by atoms with van der Waals surface area (Å²) in [5, 5.41) is 3.99. The van der Waals surface area contributed by atoms with Crippen LogP contribution in [0.4, 0.5) is 5.82 Å². The van der Waals surface area contributed by atoms with Crippen molar-refractivity contribution in [2.45, 2.75) is 51.6 Å². The van der Waals surface area contributed by atoms with Gasteiger partial charge in [-0.3, -0.25) is 4.79 Å². The second-order valence-corrected chi connectivity index (χ2v) is 9.81. The maximum Gasteiger partial charge on any atom is 0.339 e. The number of pyridine rings is 1. The van der Waals surface area contributed by atoms with E-state index in [4.69, 9.17) is 9.47 Å². The number of esters is 1. The van der Waals surface area contributed by atoms with Gasteiger partial charge in [-0.05, 0) is 54.7 Å². The van der Waals surface area contributed by atoms with Crippen LogP contribution >= 0.6 is 0 Å². The van der Waals surface area contributed by atoms with Gasteiger partial charge in [0, 0.05) is 29.4 Å². The Balaban J connectivity index is 1.34. The molecule has 0 spiro atoms.